The molecule has 0 radical (unpaired) electrons. The molecule has 0 unspecified atom stereocenters. The molecule has 1 saturated heterocycles. The van der Waals surface area contributed by atoms with E-state index in [0.29, 0.717) is 6.04 Å². The summed E-state index contributed by atoms with van der Waals surface area (Å²) in [4.78, 5) is 20.3. The second-order valence-electron chi connectivity index (χ2n) is 6.97. The lowest BCUT2D eigenvalue weighted by molar-refractivity contribution is 0.0153. The topological polar surface area (TPSA) is 45.7 Å². The Balaban J connectivity index is 1.80. The van der Waals surface area contributed by atoms with Gasteiger partial charge < -0.3 is 9.64 Å². The van der Waals surface area contributed by atoms with Crippen LogP contribution >= 0.6 is 0 Å². The van der Waals surface area contributed by atoms with Crippen molar-refractivity contribution in [2.45, 2.75) is 51.8 Å². The van der Waals surface area contributed by atoms with Crippen LogP contribution in [0, 0.1) is 0 Å². The van der Waals surface area contributed by atoms with E-state index in [1.807, 2.05) is 50.2 Å². The average Bonchev–Trinajstić information content (AvgIpc) is 2.46. The number of aromatic nitrogens is 1. The first-order valence-electron chi connectivity index (χ1n) is 7.92. The number of pyridine rings is 1. The summed E-state index contributed by atoms with van der Waals surface area (Å²) < 4.78 is 5.43. The van der Waals surface area contributed by atoms with E-state index in [1.54, 1.807) is 0 Å². The normalized spacial score (nSPS) is 16.9. The highest BCUT2D eigenvalue weighted by atomic mass is 16.6. The fourth-order valence-corrected chi connectivity index (χ4v) is 2.72. The second-order valence-corrected chi connectivity index (χ2v) is 6.97. The Morgan fingerprint density at radius 3 is 2.45 bits per heavy atom. The van der Waals surface area contributed by atoms with Gasteiger partial charge in [0, 0.05) is 38.1 Å². The smallest absolute Gasteiger partial charge is 0.410 e. The van der Waals surface area contributed by atoms with Crippen molar-refractivity contribution in [1.29, 1.82) is 0 Å². The zero-order valence-electron chi connectivity index (χ0n) is 14.1. The molecule has 0 bridgehead atoms. The zero-order chi connectivity index (χ0) is 16.2. The molecule has 1 amide bonds. The van der Waals surface area contributed by atoms with Gasteiger partial charge >= 0.3 is 6.09 Å². The number of likely N-dealkylation sites (tertiary alicyclic amines) is 1. The number of hydrogen-bond donors (Lipinski definition) is 0. The number of amides is 1. The Kier molecular flexibility index (Phi) is 5.40. The van der Waals surface area contributed by atoms with Crippen LogP contribution in [0.25, 0.3) is 0 Å². The minimum absolute atomic E-state index is 0.192. The van der Waals surface area contributed by atoms with Crippen LogP contribution in [0.2, 0.25) is 0 Å². The van der Waals surface area contributed by atoms with Gasteiger partial charge in [-0.1, -0.05) is 0 Å². The van der Waals surface area contributed by atoms with Crippen molar-refractivity contribution in [3.05, 3.63) is 30.1 Å². The van der Waals surface area contributed by atoms with Crippen molar-refractivity contribution >= 4 is 6.09 Å². The van der Waals surface area contributed by atoms with Crippen LogP contribution in [0.3, 0.4) is 0 Å². The van der Waals surface area contributed by atoms with Gasteiger partial charge in [-0.25, -0.2) is 4.79 Å². The number of carbonyl (C=O) groups excluding carboxylic acids is 1. The van der Waals surface area contributed by atoms with Crippen molar-refractivity contribution in [2.75, 3.05) is 20.1 Å². The van der Waals surface area contributed by atoms with Gasteiger partial charge in [-0.15, -0.1) is 0 Å². The van der Waals surface area contributed by atoms with Crippen LogP contribution in [0.15, 0.2) is 24.5 Å². The molecular weight excluding hydrogens is 278 g/mol. The van der Waals surface area contributed by atoms with Gasteiger partial charge in [0.25, 0.3) is 0 Å². The van der Waals surface area contributed by atoms with Gasteiger partial charge in [-0.3, -0.25) is 9.88 Å². The summed E-state index contributed by atoms with van der Waals surface area (Å²) in [7, 11) is 2.15. The molecule has 1 aliphatic heterocycles. The third-order valence-electron chi connectivity index (χ3n) is 3.92. The summed E-state index contributed by atoms with van der Waals surface area (Å²) in [6, 6.07) is 4.60. The van der Waals surface area contributed by atoms with Crippen LogP contribution < -0.4 is 0 Å². The largest absolute Gasteiger partial charge is 0.444 e. The molecule has 0 atom stereocenters. The highest BCUT2D eigenvalue weighted by Crippen LogP contribution is 2.19. The molecule has 0 aliphatic carbocycles. The highest BCUT2D eigenvalue weighted by Gasteiger charge is 2.28. The summed E-state index contributed by atoms with van der Waals surface area (Å²) in [5.41, 5.74) is 0.846. The maximum atomic E-state index is 12.1. The molecule has 1 aromatic rings. The Labute approximate surface area is 133 Å². The van der Waals surface area contributed by atoms with E-state index in [4.69, 9.17) is 4.74 Å². The number of ether oxygens (including phenoxy) is 1. The molecule has 5 nitrogen and oxygen atoms in total. The fraction of sp³-hybridized carbons (Fsp3) is 0.647. The van der Waals surface area contributed by atoms with Gasteiger partial charge in [0.2, 0.25) is 0 Å². The predicted molar refractivity (Wildman–Crippen MR) is 86.5 cm³/mol. The van der Waals surface area contributed by atoms with Crippen molar-refractivity contribution in [3.8, 4) is 0 Å². The van der Waals surface area contributed by atoms with Gasteiger partial charge in [0.15, 0.2) is 0 Å². The standard InChI is InChI=1S/C17H27N3O2/c1-17(2,3)22-16(21)20-11-7-15(8-12-20)19(4)13-14-5-9-18-10-6-14/h5-6,9-10,15H,7-8,11-13H2,1-4H3. The molecule has 2 rings (SSSR count). The number of nitrogens with zero attached hydrogens (tertiary/aromatic N) is 3. The van der Waals surface area contributed by atoms with E-state index >= 15 is 0 Å². The summed E-state index contributed by atoms with van der Waals surface area (Å²) in [5, 5.41) is 0. The van der Waals surface area contributed by atoms with Gasteiger partial charge in [-0.2, -0.15) is 0 Å². The highest BCUT2D eigenvalue weighted by molar-refractivity contribution is 5.68. The molecule has 1 aliphatic rings. The molecule has 22 heavy (non-hydrogen) atoms. The molecule has 122 valence electrons. The van der Waals surface area contributed by atoms with Crippen LogP contribution in [-0.4, -0.2) is 52.7 Å². The van der Waals surface area contributed by atoms with E-state index in [2.05, 4.69) is 16.9 Å². The van der Waals surface area contributed by atoms with Gasteiger partial charge in [0.1, 0.15) is 5.60 Å². The lowest BCUT2D eigenvalue weighted by Gasteiger charge is -2.37. The summed E-state index contributed by atoms with van der Waals surface area (Å²) in [6.45, 7) is 8.15. The van der Waals surface area contributed by atoms with E-state index < -0.39 is 5.60 Å². The van der Waals surface area contributed by atoms with Crippen LogP contribution in [0.1, 0.15) is 39.2 Å². The van der Waals surface area contributed by atoms with Crippen LogP contribution in [0.4, 0.5) is 4.79 Å². The predicted octanol–water partition coefficient (Wildman–Crippen LogP) is 2.91. The molecule has 1 fully saturated rings. The van der Waals surface area contributed by atoms with Crippen LogP contribution in [-0.2, 0) is 11.3 Å². The Hall–Kier alpha value is -1.62. The van der Waals surface area contributed by atoms with E-state index in [9.17, 15) is 4.79 Å². The number of rotatable bonds is 3. The van der Waals surface area contributed by atoms with E-state index in [0.717, 1.165) is 32.5 Å². The molecule has 0 N–H and O–H groups in total. The summed E-state index contributed by atoms with van der Waals surface area (Å²) >= 11 is 0. The van der Waals surface area contributed by atoms with Crippen LogP contribution in [0.5, 0.6) is 0 Å². The second kappa shape index (κ2) is 7.09. The van der Waals surface area contributed by atoms with E-state index in [1.165, 1.54) is 5.56 Å². The lowest BCUT2D eigenvalue weighted by atomic mass is 10.0. The quantitative estimate of drug-likeness (QED) is 0.861. The molecule has 0 spiro atoms. The van der Waals surface area contributed by atoms with E-state index in [-0.39, 0.29) is 6.09 Å². The third kappa shape index (κ3) is 4.98. The first kappa shape index (κ1) is 16.7. The summed E-state index contributed by atoms with van der Waals surface area (Å²) in [6.07, 6.45) is 5.44. The zero-order valence-corrected chi connectivity index (χ0v) is 14.1. The van der Waals surface area contributed by atoms with Crippen molar-refractivity contribution < 1.29 is 9.53 Å². The maximum Gasteiger partial charge on any atom is 0.410 e. The molecule has 1 aromatic heterocycles. The first-order valence-corrected chi connectivity index (χ1v) is 7.92. The van der Waals surface area contributed by atoms with Gasteiger partial charge in [0.05, 0.1) is 0 Å². The molecular formula is C17H27N3O2. The SMILES string of the molecule is CN(Cc1ccncc1)C1CCN(C(=O)OC(C)(C)C)CC1. The molecule has 0 aromatic carbocycles. The Morgan fingerprint density at radius 1 is 1.32 bits per heavy atom. The molecule has 5 heteroatoms. The summed E-state index contributed by atoms with van der Waals surface area (Å²) in [5.74, 6) is 0. The minimum Gasteiger partial charge on any atom is -0.444 e. The Bertz CT molecular complexity index is 476. The Morgan fingerprint density at radius 2 is 1.91 bits per heavy atom. The average molecular weight is 305 g/mol. The fourth-order valence-electron chi connectivity index (χ4n) is 2.72. The van der Waals surface area contributed by atoms with Crippen molar-refractivity contribution in [2.24, 2.45) is 0 Å². The molecule has 2 heterocycles. The van der Waals surface area contributed by atoms with Crippen molar-refractivity contribution in [3.63, 3.8) is 0 Å². The van der Waals surface area contributed by atoms with Crippen molar-refractivity contribution in [1.82, 2.24) is 14.8 Å². The first-order chi connectivity index (χ1) is 10.3. The lowest BCUT2D eigenvalue weighted by Crippen LogP contribution is -2.46. The molecule has 0 saturated carbocycles. The minimum atomic E-state index is -0.425. The number of carbonyl (C=O) groups is 1. The number of piperidine rings is 1. The monoisotopic (exact) mass is 305 g/mol. The maximum absolute atomic E-state index is 12.1. The van der Waals surface area contributed by atoms with Gasteiger partial charge in [-0.05, 0) is 58.4 Å². The third-order valence-corrected chi connectivity index (χ3v) is 3.92. The number of hydrogen-bond acceptors (Lipinski definition) is 4.